The molecule has 0 bridgehead atoms. The van der Waals surface area contributed by atoms with Gasteiger partial charge in [-0.25, -0.2) is 0 Å². The fraction of sp³-hybridized carbons (Fsp3) is 0.786. The van der Waals surface area contributed by atoms with Gasteiger partial charge < -0.3 is 15.3 Å². The molecule has 31 heavy (non-hydrogen) atoms. The number of allylic oxidation sites excluding steroid dienone is 3. The Kier molecular flexibility index (Phi) is 7.92. The van der Waals surface area contributed by atoms with E-state index in [1.165, 1.54) is 38.5 Å². The molecule has 3 heteroatoms. The number of hydrogen-bond donors (Lipinski definition) is 3. The van der Waals surface area contributed by atoms with Crippen molar-refractivity contribution in [1.29, 1.82) is 0 Å². The lowest BCUT2D eigenvalue weighted by molar-refractivity contribution is 0.0393. The third-order valence-corrected chi connectivity index (χ3v) is 9.13. The quantitative estimate of drug-likeness (QED) is 0.458. The van der Waals surface area contributed by atoms with Gasteiger partial charge in [-0.1, -0.05) is 57.9 Å². The minimum atomic E-state index is -0.616. The van der Waals surface area contributed by atoms with E-state index in [0.717, 1.165) is 36.3 Å². The lowest BCUT2D eigenvalue weighted by Crippen LogP contribution is -2.36. The molecule has 0 aromatic rings. The van der Waals surface area contributed by atoms with Crippen LogP contribution in [-0.4, -0.2) is 33.1 Å². The van der Waals surface area contributed by atoms with Crippen LogP contribution >= 0.6 is 0 Å². The molecule has 0 heterocycles. The summed E-state index contributed by atoms with van der Waals surface area (Å²) in [4.78, 5) is 0. The zero-order valence-electron chi connectivity index (χ0n) is 20.4. The van der Waals surface area contributed by atoms with Crippen LogP contribution in [0.4, 0.5) is 0 Å². The van der Waals surface area contributed by atoms with Crippen molar-refractivity contribution in [1.82, 2.24) is 0 Å². The normalized spacial score (nSPS) is 39.5. The monoisotopic (exact) mass is 430 g/mol. The third-order valence-electron chi connectivity index (χ3n) is 9.13. The topological polar surface area (TPSA) is 60.7 Å². The SMILES string of the molecule is C=C1/C(=C\C=C2/CCC[C@]3(C)[C@@H]([C@H](C)CCCC(C)(O)CC)CC[C@@H]23)C[C@@H](O)C[C@@H]1O. The summed E-state index contributed by atoms with van der Waals surface area (Å²) in [6, 6.07) is 0. The van der Waals surface area contributed by atoms with Gasteiger partial charge in [0.15, 0.2) is 0 Å². The number of hydrogen-bond acceptors (Lipinski definition) is 3. The molecule has 0 spiro atoms. The molecule has 176 valence electrons. The molecule has 3 N–H and O–H groups in total. The Balaban J connectivity index is 1.68. The second kappa shape index (κ2) is 9.93. The molecule has 3 saturated carbocycles. The number of fused-ring (bicyclic) bond motifs is 1. The maximum absolute atomic E-state index is 10.3. The lowest BCUT2D eigenvalue weighted by Gasteiger charge is -2.44. The molecule has 7 atom stereocenters. The zero-order valence-corrected chi connectivity index (χ0v) is 20.4. The summed E-state index contributed by atoms with van der Waals surface area (Å²) < 4.78 is 0. The van der Waals surface area contributed by atoms with Crippen LogP contribution in [0.1, 0.15) is 98.3 Å². The smallest absolute Gasteiger partial charge is 0.0811 e. The van der Waals surface area contributed by atoms with Crippen molar-refractivity contribution in [3.05, 3.63) is 35.5 Å². The highest BCUT2D eigenvalue weighted by molar-refractivity contribution is 5.38. The van der Waals surface area contributed by atoms with E-state index in [9.17, 15) is 15.3 Å². The van der Waals surface area contributed by atoms with Crippen molar-refractivity contribution in [2.75, 3.05) is 0 Å². The Morgan fingerprint density at radius 1 is 1.26 bits per heavy atom. The molecule has 3 rings (SSSR count). The Labute approximate surface area is 190 Å². The zero-order chi connectivity index (χ0) is 22.8. The van der Waals surface area contributed by atoms with Crippen LogP contribution < -0.4 is 0 Å². The second-order valence-electron chi connectivity index (χ2n) is 11.4. The predicted octanol–water partition coefficient (Wildman–Crippen LogP) is 6.09. The van der Waals surface area contributed by atoms with E-state index in [2.05, 4.69) is 39.5 Å². The second-order valence-corrected chi connectivity index (χ2v) is 11.4. The molecule has 3 aliphatic rings. The minimum Gasteiger partial charge on any atom is -0.393 e. The molecular formula is C28H46O3. The molecule has 0 saturated heterocycles. The summed E-state index contributed by atoms with van der Waals surface area (Å²) >= 11 is 0. The van der Waals surface area contributed by atoms with Crippen LogP contribution in [0.2, 0.25) is 0 Å². The number of aliphatic hydroxyl groups excluding tert-OH is 2. The Hall–Kier alpha value is -0.900. The molecule has 1 unspecified atom stereocenters. The van der Waals surface area contributed by atoms with E-state index in [1.54, 1.807) is 5.57 Å². The van der Waals surface area contributed by atoms with Crippen LogP contribution in [-0.2, 0) is 0 Å². The molecular weight excluding hydrogens is 384 g/mol. The number of rotatable bonds is 7. The van der Waals surface area contributed by atoms with Crippen molar-refractivity contribution in [3.8, 4) is 0 Å². The highest BCUT2D eigenvalue weighted by Gasteiger charge is 2.50. The summed E-state index contributed by atoms with van der Waals surface area (Å²) in [5.41, 5.74) is 3.21. The molecule has 3 fully saturated rings. The van der Waals surface area contributed by atoms with Gasteiger partial charge in [-0.15, -0.1) is 0 Å². The van der Waals surface area contributed by atoms with Crippen molar-refractivity contribution in [2.24, 2.45) is 23.2 Å². The average molecular weight is 431 g/mol. The van der Waals surface area contributed by atoms with E-state index < -0.39 is 17.8 Å². The predicted molar refractivity (Wildman–Crippen MR) is 129 cm³/mol. The first-order chi connectivity index (χ1) is 14.6. The molecule has 3 nitrogen and oxygen atoms in total. The van der Waals surface area contributed by atoms with Gasteiger partial charge in [0.1, 0.15) is 0 Å². The standard InChI is InChI=1S/C28H46O3/c1-6-27(4,31)15-7-9-19(2)24-13-14-25-21(10-8-16-28(24,25)5)11-12-22-17-23(29)18-26(30)20(22)3/h11-12,19,23-26,29-31H,3,6-10,13-18H2,1-2,4-5H3/b21-11+,22-12-/t19-,23-,24-,25+,26+,27?,28-/m1/s1. The van der Waals surface area contributed by atoms with Crippen molar-refractivity contribution in [3.63, 3.8) is 0 Å². The Morgan fingerprint density at radius 2 is 2.00 bits per heavy atom. The van der Waals surface area contributed by atoms with Crippen LogP contribution in [0.3, 0.4) is 0 Å². The van der Waals surface area contributed by atoms with Crippen molar-refractivity contribution in [2.45, 2.75) is 116 Å². The highest BCUT2D eigenvalue weighted by Crippen LogP contribution is 2.60. The van der Waals surface area contributed by atoms with E-state index in [0.29, 0.717) is 30.1 Å². The average Bonchev–Trinajstić information content (AvgIpc) is 3.07. The fourth-order valence-electron chi connectivity index (χ4n) is 6.86. The maximum atomic E-state index is 10.3. The molecule has 3 aliphatic carbocycles. The first-order valence-electron chi connectivity index (χ1n) is 12.7. The first-order valence-corrected chi connectivity index (χ1v) is 12.7. The van der Waals surface area contributed by atoms with Crippen LogP contribution in [0, 0.1) is 23.2 Å². The lowest BCUT2D eigenvalue weighted by atomic mass is 9.60. The summed E-state index contributed by atoms with van der Waals surface area (Å²) in [6.45, 7) is 13.1. The molecule has 0 radical (unpaired) electrons. The van der Waals surface area contributed by atoms with E-state index in [-0.39, 0.29) is 0 Å². The van der Waals surface area contributed by atoms with E-state index >= 15 is 0 Å². The maximum Gasteiger partial charge on any atom is 0.0811 e. The highest BCUT2D eigenvalue weighted by atomic mass is 16.3. The number of aliphatic hydroxyl groups is 3. The van der Waals surface area contributed by atoms with Gasteiger partial charge in [-0.3, -0.25) is 0 Å². The molecule has 0 amide bonds. The summed E-state index contributed by atoms with van der Waals surface area (Å²) in [5, 5.41) is 30.5. The van der Waals surface area contributed by atoms with Gasteiger partial charge in [0.05, 0.1) is 17.8 Å². The minimum absolute atomic E-state index is 0.373. The van der Waals surface area contributed by atoms with Gasteiger partial charge in [0.25, 0.3) is 0 Å². The van der Waals surface area contributed by atoms with Crippen LogP contribution in [0.5, 0.6) is 0 Å². The van der Waals surface area contributed by atoms with Gasteiger partial charge in [0, 0.05) is 6.42 Å². The summed E-state index contributed by atoms with van der Waals surface area (Å²) in [7, 11) is 0. The Morgan fingerprint density at radius 3 is 2.71 bits per heavy atom. The summed E-state index contributed by atoms with van der Waals surface area (Å²) in [5.74, 6) is 2.11. The molecule has 0 aromatic carbocycles. The van der Waals surface area contributed by atoms with Crippen LogP contribution in [0.25, 0.3) is 0 Å². The van der Waals surface area contributed by atoms with Gasteiger partial charge in [0.2, 0.25) is 0 Å². The van der Waals surface area contributed by atoms with Gasteiger partial charge in [-0.05, 0) is 92.6 Å². The molecule has 0 aliphatic heterocycles. The van der Waals surface area contributed by atoms with Crippen molar-refractivity contribution >= 4 is 0 Å². The van der Waals surface area contributed by atoms with Crippen LogP contribution in [0.15, 0.2) is 35.5 Å². The third kappa shape index (κ3) is 5.54. The largest absolute Gasteiger partial charge is 0.393 e. The van der Waals surface area contributed by atoms with Crippen molar-refractivity contribution < 1.29 is 15.3 Å². The van der Waals surface area contributed by atoms with Gasteiger partial charge in [-0.2, -0.15) is 0 Å². The Bertz CT molecular complexity index is 703. The van der Waals surface area contributed by atoms with E-state index in [1.807, 2.05) is 6.92 Å². The molecule has 0 aromatic heterocycles. The first kappa shape index (κ1) is 24.7. The van der Waals surface area contributed by atoms with E-state index in [4.69, 9.17) is 0 Å². The summed E-state index contributed by atoms with van der Waals surface area (Å²) in [6.07, 6.45) is 14.7. The fourth-order valence-corrected chi connectivity index (χ4v) is 6.86. The van der Waals surface area contributed by atoms with Gasteiger partial charge >= 0.3 is 0 Å².